The highest BCUT2D eigenvalue weighted by Crippen LogP contribution is 2.43. The number of allylic oxidation sites excluding steroid dienone is 5. The first-order valence-electron chi connectivity index (χ1n) is 11.5. The Balaban J connectivity index is 2.56. The zero-order valence-electron chi connectivity index (χ0n) is 20.1. The number of hydrogen-bond acceptors (Lipinski definition) is 3. The number of carbonyl (C=O) groups excluding carboxylic acids is 1. The molecular formula is C27H36F2O3. The molecule has 0 fully saturated rings. The molecule has 0 aromatic heterocycles. The van der Waals surface area contributed by atoms with Gasteiger partial charge in [-0.15, -0.1) is 0 Å². The Morgan fingerprint density at radius 1 is 1.12 bits per heavy atom. The summed E-state index contributed by atoms with van der Waals surface area (Å²) < 4.78 is 36.7. The van der Waals surface area contributed by atoms with Crippen LogP contribution < -0.4 is 4.74 Å². The van der Waals surface area contributed by atoms with Crippen LogP contribution in [0.4, 0.5) is 8.78 Å². The highest BCUT2D eigenvalue weighted by Gasteiger charge is 2.23. The Hall–Kier alpha value is -2.43. The maximum absolute atomic E-state index is 13.0. The van der Waals surface area contributed by atoms with Crippen LogP contribution in [0.2, 0.25) is 0 Å². The molecule has 1 aromatic carbocycles. The van der Waals surface area contributed by atoms with Crippen LogP contribution in [0.25, 0.3) is 5.57 Å². The molecule has 0 bridgehead atoms. The lowest BCUT2D eigenvalue weighted by atomic mass is 9.88. The van der Waals surface area contributed by atoms with E-state index in [0.29, 0.717) is 18.3 Å². The van der Waals surface area contributed by atoms with Crippen LogP contribution in [0.5, 0.6) is 5.75 Å². The maximum atomic E-state index is 13.0. The molecular weight excluding hydrogens is 410 g/mol. The van der Waals surface area contributed by atoms with E-state index >= 15 is 0 Å². The lowest BCUT2D eigenvalue weighted by molar-refractivity contribution is -0.137. The third-order valence-electron chi connectivity index (χ3n) is 5.55. The van der Waals surface area contributed by atoms with E-state index in [1.54, 1.807) is 6.92 Å². The summed E-state index contributed by atoms with van der Waals surface area (Å²) in [6.07, 6.45) is 5.64. The fourth-order valence-corrected chi connectivity index (χ4v) is 3.88. The molecule has 1 aromatic rings. The molecule has 0 spiro atoms. The van der Waals surface area contributed by atoms with Crippen molar-refractivity contribution in [3.63, 3.8) is 0 Å². The van der Waals surface area contributed by atoms with Crippen molar-refractivity contribution in [2.75, 3.05) is 13.2 Å². The second-order valence-corrected chi connectivity index (χ2v) is 8.83. The van der Waals surface area contributed by atoms with Gasteiger partial charge in [-0.1, -0.05) is 45.9 Å². The summed E-state index contributed by atoms with van der Waals surface area (Å²) in [5, 5.41) is 0. The van der Waals surface area contributed by atoms with E-state index in [2.05, 4.69) is 39.8 Å². The van der Waals surface area contributed by atoms with Gasteiger partial charge in [0.2, 0.25) is 0 Å². The zero-order chi connectivity index (χ0) is 23.8. The summed E-state index contributed by atoms with van der Waals surface area (Å²) in [6, 6.07) is 4.20. The highest BCUT2D eigenvalue weighted by atomic mass is 19.3. The summed E-state index contributed by atoms with van der Waals surface area (Å²) in [5.41, 5.74) is 6.15. The lowest BCUT2D eigenvalue weighted by Crippen LogP contribution is -2.11. The van der Waals surface area contributed by atoms with Gasteiger partial charge in [0.05, 0.1) is 6.61 Å². The van der Waals surface area contributed by atoms with Crippen LogP contribution in [0.1, 0.15) is 89.3 Å². The largest absolute Gasteiger partial charge is 0.487 e. The number of halogens is 2. The third kappa shape index (κ3) is 7.04. The van der Waals surface area contributed by atoms with E-state index in [4.69, 9.17) is 9.47 Å². The van der Waals surface area contributed by atoms with Crippen molar-refractivity contribution in [2.24, 2.45) is 0 Å². The molecule has 0 saturated heterocycles. The summed E-state index contributed by atoms with van der Waals surface area (Å²) >= 11 is 0. The fourth-order valence-electron chi connectivity index (χ4n) is 3.88. The Morgan fingerprint density at radius 3 is 2.44 bits per heavy atom. The normalized spacial score (nSPS) is 15.0. The van der Waals surface area contributed by atoms with Gasteiger partial charge in [-0.2, -0.15) is 0 Å². The van der Waals surface area contributed by atoms with Gasteiger partial charge < -0.3 is 9.47 Å². The monoisotopic (exact) mass is 446 g/mol. The average molecular weight is 447 g/mol. The van der Waals surface area contributed by atoms with Gasteiger partial charge in [0, 0.05) is 11.6 Å². The number of hydrogen-bond donors (Lipinski definition) is 0. The minimum Gasteiger partial charge on any atom is -0.487 e. The molecule has 0 N–H and O–H groups in total. The van der Waals surface area contributed by atoms with E-state index in [0.717, 1.165) is 47.1 Å². The molecule has 32 heavy (non-hydrogen) atoms. The molecule has 2 rings (SSSR count). The van der Waals surface area contributed by atoms with E-state index < -0.39 is 13.0 Å². The van der Waals surface area contributed by atoms with Crippen LogP contribution in [0.3, 0.4) is 0 Å². The standard InChI is InChI=1S/C27H36F2O3/c1-7-31-26(30)13-19(6)11-12-20-9-8-10-22(20)24-15-21(17(2)3)14-23(18(4)5)27(24)32-16-25(28)29/h11-15,17-18,25H,7-10,16H2,1-6H3/b12-11+,19-13+. The molecule has 0 aliphatic heterocycles. The zero-order valence-corrected chi connectivity index (χ0v) is 20.1. The van der Waals surface area contributed by atoms with Crippen molar-refractivity contribution in [1.29, 1.82) is 0 Å². The summed E-state index contributed by atoms with van der Waals surface area (Å²) in [6.45, 7) is 11.7. The Labute approximate surface area is 191 Å². The van der Waals surface area contributed by atoms with Crippen molar-refractivity contribution >= 4 is 11.5 Å². The topological polar surface area (TPSA) is 35.5 Å². The van der Waals surface area contributed by atoms with Crippen molar-refractivity contribution in [3.05, 3.63) is 58.2 Å². The van der Waals surface area contributed by atoms with Crippen LogP contribution >= 0.6 is 0 Å². The SMILES string of the molecule is CCOC(=O)/C=C(C)/C=C/C1=C(c2cc(C(C)C)cc(C(C)C)c2OCC(F)F)CCC1. The van der Waals surface area contributed by atoms with Gasteiger partial charge in [-0.25, -0.2) is 13.6 Å². The Morgan fingerprint density at radius 2 is 1.84 bits per heavy atom. The molecule has 5 heteroatoms. The quantitative estimate of drug-likeness (QED) is 0.211. The summed E-state index contributed by atoms with van der Waals surface area (Å²) in [7, 11) is 0. The molecule has 0 unspecified atom stereocenters. The molecule has 0 amide bonds. The number of esters is 1. The van der Waals surface area contributed by atoms with Gasteiger partial charge in [0.15, 0.2) is 0 Å². The third-order valence-corrected chi connectivity index (χ3v) is 5.55. The minimum atomic E-state index is -2.53. The van der Waals surface area contributed by atoms with E-state index in [-0.39, 0.29) is 11.9 Å². The number of ether oxygens (including phenoxy) is 2. The molecule has 1 aliphatic rings. The Kier molecular flexibility index (Phi) is 9.67. The smallest absolute Gasteiger partial charge is 0.330 e. The van der Waals surface area contributed by atoms with Crippen LogP contribution in [0, 0.1) is 0 Å². The highest BCUT2D eigenvalue weighted by molar-refractivity contribution is 5.83. The maximum Gasteiger partial charge on any atom is 0.330 e. The number of alkyl halides is 2. The number of carbonyl (C=O) groups is 1. The first kappa shape index (κ1) is 25.8. The first-order chi connectivity index (χ1) is 15.1. The van der Waals surface area contributed by atoms with E-state index in [1.807, 2.05) is 19.1 Å². The van der Waals surface area contributed by atoms with Crippen molar-refractivity contribution < 1.29 is 23.0 Å². The molecule has 0 heterocycles. The average Bonchev–Trinajstić information content (AvgIpc) is 3.18. The van der Waals surface area contributed by atoms with E-state index in [9.17, 15) is 13.6 Å². The molecule has 1 aliphatic carbocycles. The lowest BCUT2D eigenvalue weighted by Gasteiger charge is -2.22. The van der Waals surface area contributed by atoms with Crippen molar-refractivity contribution in [3.8, 4) is 5.75 Å². The minimum absolute atomic E-state index is 0.149. The molecule has 3 nitrogen and oxygen atoms in total. The van der Waals surface area contributed by atoms with Crippen molar-refractivity contribution in [1.82, 2.24) is 0 Å². The number of benzene rings is 1. The van der Waals surface area contributed by atoms with Crippen molar-refractivity contribution in [2.45, 2.75) is 79.1 Å². The molecule has 0 saturated carbocycles. The fraction of sp³-hybridized carbons (Fsp3) is 0.519. The second kappa shape index (κ2) is 12.0. The van der Waals surface area contributed by atoms with Crippen LogP contribution in [-0.2, 0) is 9.53 Å². The van der Waals surface area contributed by atoms with E-state index in [1.165, 1.54) is 11.6 Å². The predicted molar refractivity (Wildman–Crippen MR) is 126 cm³/mol. The first-order valence-corrected chi connectivity index (χ1v) is 11.5. The van der Waals surface area contributed by atoms with Gasteiger partial charge >= 0.3 is 5.97 Å². The van der Waals surface area contributed by atoms with Crippen LogP contribution in [-0.4, -0.2) is 25.6 Å². The molecule has 176 valence electrons. The predicted octanol–water partition coefficient (Wildman–Crippen LogP) is 7.58. The van der Waals surface area contributed by atoms with Gasteiger partial charge in [0.25, 0.3) is 6.43 Å². The van der Waals surface area contributed by atoms with Crippen LogP contribution in [0.15, 0.2) is 41.5 Å². The summed E-state index contributed by atoms with van der Waals surface area (Å²) in [5.74, 6) is 0.678. The second-order valence-electron chi connectivity index (χ2n) is 8.83. The summed E-state index contributed by atoms with van der Waals surface area (Å²) in [4.78, 5) is 11.7. The molecule has 0 atom stereocenters. The number of rotatable bonds is 10. The van der Waals surface area contributed by atoms with Gasteiger partial charge in [-0.3, -0.25) is 0 Å². The van der Waals surface area contributed by atoms with Gasteiger partial charge in [-0.05, 0) is 78.9 Å². The Bertz CT molecular complexity index is 892. The molecule has 0 radical (unpaired) electrons. The van der Waals surface area contributed by atoms with Gasteiger partial charge in [0.1, 0.15) is 12.4 Å².